The Morgan fingerprint density at radius 3 is 0.800 bits per heavy atom. The summed E-state index contributed by atoms with van der Waals surface area (Å²) in [5, 5.41) is 0. The molecule has 0 aromatic rings. The zero-order valence-corrected chi connectivity index (χ0v) is 6.51. The summed E-state index contributed by atoms with van der Waals surface area (Å²) in [5.41, 5.74) is 0. The molecule has 3 N–H and O–H groups in total. The van der Waals surface area contributed by atoms with Gasteiger partial charge in [-0.1, -0.05) is 0 Å². The van der Waals surface area contributed by atoms with Gasteiger partial charge in [-0.05, 0) is 0 Å². The maximum atomic E-state index is 8.88. The summed E-state index contributed by atoms with van der Waals surface area (Å²) < 4.78 is 8.88. The van der Waals surface area contributed by atoms with Gasteiger partial charge in [0.15, 0.2) is 0 Å². The SMILES string of the molecule is O=P(O)(O)O.[CaH2].[CaH2].[CaH2].[CaH2].[Y]. The van der Waals surface area contributed by atoms with Crippen LogP contribution in [0.4, 0.5) is 0 Å². The number of phosphoric acid groups is 1. The van der Waals surface area contributed by atoms with Gasteiger partial charge in [0.2, 0.25) is 0 Å². The first-order valence-electron chi connectivity index (χ1n) is 0.783. The number of hydrogen-bond acceptors (Lipinski definition) is 1. The molecule has 0 aliphatic carbocycles. The van der Waals surface area contributed by atoms with Crippen LogP contribution >= 0.6 is 7.82 Å². The Morgan fingerprint density at radius 2 is 0.800 bits per heavy atom. The quantitative estimate of drug-likeness (QED) is 0.302. The summed E-state index contributed by atoms with van der Waals surface area (Å²) in [6, 6.07) is 0. The summed E-state index contributed by atoms with van der Waals surface area (Å²) in [5.74, 6) is 0. The first-order valence-corrected chi connectivity index (χ1v) is 2.35. The molecular formula is H11Ca4O4PY. The number of rotatable bonds is 0. The van der Waals surface area contributed by atoms with E-state index < -0.39 is 7.82 Å². The Balaban J connectivity index is -0.00000000800. The molecule has 10 heteroatoms. The number of hydrogen-bond donors (Lipinski definition) is 3. The third kappa shape index (κ3) is 64.0. The Kier molecular flexibility index (Phi) is 74.2. The van der Waals surface area contributed by atoms with Crippen LogP contribution in [0, 0.1) is 0 Å². The van der Waals surface area contributed by atoms with Crippen LogP contribution in [0.1, 0.15) is 0 Å². The van der Waals surface area contributed by atoms with E-state index in [1.54, 1.807) is 0 Å². The molecule has 0 aromatic heterocycles. The fraction of sp³-hybridized carbons (Fsp3) is 0. The second-order valence-electron chi connectivity index (χ2n) is 0.513. The van der Waals surface area contributed by atoms with Gasteiger partial charge in [-0.2, -0.15) is 0 Å². The van der Waals surface area contributed by atoms with Crippen molar-refractivity contribution in [1.82, 2.24) is 0 Å². The molecule has 0 rings (SSSR count). The molecular weight excluding hydrogens is 344 g/mol. The van der Waals surface area contributed by atoms with Crippen LogP contribution in [-0.2, 0) is 37.3 Å². The minimum absolute atomic E-state index is 0. The van der Waals surface area contributed by atoms with Crippen molar-refractivity contribution in [1.29, 1.82) is 0 Å². The van der Waals surface area contributed by atoms with Crippen LogP contribution in [0.3, 0.4) is 0 Å². The van der Waals surface area contributed by atoms with Crippen LogP contribution in [0.25, 0.3) is 0 Å². The summed E-state index contributed by atoms with van der Waals surface area (Å²) in [6.07, 6.45) is 0. The van der Waals surface area contributed by atoms with Crippen LogP contribution in [0.5, 0.6) is 0 Å². The van der Waals surface area contributed by atoms with E-state index in [0.717, 1.165) is 0 Å². The van der Waals surface area contributed by atoms with Crippen molar-refractivity contribution in [3.8, 4) is 0 Å². The topological polar surface area (TPSA) is 77.8 Å². The zero-order chi connectivity index (χ0) is 4.50. The molecule has 1 radical (unpaired) electrons. The second kappa shape index (κ2) is 20.6. The Hall–Kier alpha value is 6.25. The Bertz CT molecular complexity index is 63.4. The predicted molar refractivity (Wildman–Crippen MR) is 48.4 cm³/mol. The van der Waals surface area contributed by atoms with Gasteiger partial charge in [-0.3, -0.25) is 0 Å². The van der Waals surface area contributed by atoms with Gasteiger partial charge in [0, 0.05) is 32.7 Å². The molecule has 0 aromatic carbocycles. The molecule has 10 heavy (non-hydrogen) atoms. The average Bonchev–Trinajstić information content (AvgIpc) is 0.722. The minimum atomic E-state index is -4.64. The van der Waals surface area contributed by atoms with E-state index in [2.05, 4.69) is 0 Å². The van der Waals surface area contributed by atoms with Crippen LogP contribution < -0.4 is 0 Å². The van der Waals surface area contributed by atoms with E-state index in [9.17, 15) is 0 Å². The standard InChI is InChI=1S/4Ca.H3O4P.Y.8H/c;;;;1-5(2,3)4;;;;;;;;;/h;;;;(H3,1,2,3,4);;;;;;;;;. The Morgan fingerprint density at radius 1 is 0.800 bits per heavy atom. The summed E-state index contributed by atoms with van der Waals surface area (Å²) >= 11 is 0. The van der Waals surface area contributed by atoms with E-state index in [0.29, 0.717) is 0 Å². The molecule has 0 heterocycles. The van der Waals surface area contributed by atoms with Crippen LogP contribution in [0.15, 0.2) is 0 Å². The van der Waals surface area contributed by atoms with Gasteiger partial charge in [0.25, 0.3) is 0 Å². The maximum Gasteiger partial charge on any atom is 0 e. The van der Waals surface area contributed by atoms with Crippen molar-refractivity contribution in [2.75, 3.05) is 0 Å². The van der Waals surface area contributed by atoms with Gasteiger partial charge in [0.05, 0.1) is 0 Å². The molecule has 0 spiro atoms. The van der Waals surface area contributed by atoms with Crippen molar-refractivity contribution in [2.24, 2.45) is 0 Å². The predicted octanol–water partition coefficient (Wildman–Crippen LogP) is -4.60. The van der Waals surface area contributed by atoms with E-state index >= 15 is 0 Å². The Labute approximate surface area is 204 Å². The second-order valence-corrected chi connectivity index (χ2v) is 1.54. The van der Waals surface area contributed by atoms with Gasteiger partial charge >= 0.3 is 159 Å². The first kappa shape index (κ1) is 36.0. The monoisotopic (exact) mass is 355 g/mol. The van der Waals surface area contributed by atoms with Gasteiger partial charge < -0.3 is 14.7 Å². The summed E-state index contributed by atoms with van der Waals surface area (Å²) in [4.78, 5) is 21.6. The molecule has 0 amide bonds. The van der Waals surface area contributed by atoms with Crippen LogP contribution in [0.2, 0.25) is 0 Å². The van der Waals surface area contributed by atoms with Crippen molar-refractivity contribution in [3.05, 3.63) is 0 Å². The third-order valence-electron chi connectivity index (χ3n) is 0. The molecule has 51 valence electrons. The third-order valence-corrected chi connectivity index (χ3v) is 0. The summed E-state index contributed by atoms with van der Waals surface area (Å²) in [7, 11) is -4.64. The van der Waals surface area contributed by atoms with Gasteiger partial charge in [0.1, 0.15) is 0 Å². The van der Waals surface area contributed by atoms with Gasteiger partial charge in [-0.15, -0.1) is 0 Å². The van der Waals surface area contributed by atoms with E-state index in [1.807, 2.05) is 0 Å². The zero-order valence-electron chi connectivity index (χ0n) is 2.77. The van der Waals surface area contributed by atoms with Crippen LogP contribution in [-0.4, -0.2) is 166 Å². The average molecular weight is 355 g/mol. The molecule has 0 bridgehead atoms. The van der Waals surface area contributed by atoms with Crippen molar-refractivity contribution >= 4 is 159 Å². The molecule has 0 unspecified atom stereocenters. The smallest absolute Gasteiger partial charge is 0 e. The molecule has 0 atom stereocenters. The summed E-state index contributed by atoms with van der Waals surface area (Å²) in [6.45, 7) is 0. The van der Waals surface area contributed by atoms with Crippen molar-refractivity contribution in [2.45, 2.75) is 0 Å². The van der Waals surface area contributed by atoms with Crippen molar-refractivity contribution < 1.29 is 52.0 Å². The van der Waals surface area contributed by atoms with Crippen molar-refractivity contribution in [3.63, 3.8) is 0 Å². The van der Waals surface area contributed by atoms with E-state index in [4.69, 9.17) is 19.2 Å². The van der Waals surface area contributed by atoms with E-state index in [1.165, 1.54) is 0 Å². The molecule has 0 saturated carbocycles. The molecule has 0 fully saturated rings. The normalized spacial score (nSPS) is 5.90. The molecule has 0 aliphatic heterocycles. The largest absolute Gasteiger partial charge is 0 e. The fourth-order valence-electron chi connectivity index (χ4n) is 0. The fourth-order valence-corrected chi connectivity index (χ4v) is 0. The maximum absolute atomic E-state index is 8.88. The van der Waals surface area contributed by atoms with E-state index in [-0.39, 0.29) is 184 Å². The first-order chi connectivity index (χ1) is 2.00. The molecule has 0 saturated heterocycles. The molecule has 0 aliphatic rings. The molecule has 4 nitrogen and oxygen atoms in total. The van der Waals surface area contributed by atoms with Gasteiger partial charge in [-0.25, -0.2) is 4.57 Å². The minimum Gasteiger partial charge on any atom is 0 e.